The highest BCUT2D eigenvalue weighted by atomic mass is 16.6. The van der Waals surface area contributed by atoms with Crippen LogP contribution >= 0.6 is 0 Å². The number of cyclic esters (lactones) is 1. The minimum Gasteiger partial charge on any atom is -0.447 e. The Balaban J connectivity index is 2.32. The third-order valence-electron chi connectivity index (χ3n) is 2.51. The van der Waals surface area contributed by atoms with E-state index in [1.165, 1.54) is 6.07 Å². The highest BCUT2D eigenvalue weighted by Gasteiger charge is 2.25. The third kappa shape index (κ3) is 1.81. The SMILES string of the molecule is Cc1ccc([C@H]2COC(=O)N2)cc1[N+](=O)[O-]. The number of ether oxygens (including phenoxy) is 1. The van der Waals surface area contributed by atoms with Crippen LogP contribution in [0.15, 0.2) is 18.2 Å². The normalized spacial score (nSPS) is 19.1. The maximum atomic E-state index is 10.8. The Morgan fingerprint density at radius 3 is 2.88 bits per heavy atom. The van der Waals surface area contributed by atoms with Gasteiger partial charge in [-0.1, -0.05) is 12.1 Å². The van der Waals surface area contributed by atoms with Gasteiger partial charge < -0.3 is 10.1 Å². The number of nitrogens with zero attached hydrogens (tertiary/aromatic N) is 1. The molecule has 1 amide bonds. The molecule has 1 aromatic carbocycles. The number of amides is 1. The van der Waals surface area contributed by atoms with Gasteiger partial charge in [0.25, 0.3) is 5.69 Å². The van der Waals surface area contributed by atoms with Gasteiger partial charge in [0, 0.05) is 11.6 Å². The van der Waals surface area contributed by atoms with Crippen molar-refractivity contribution in [1.82, 2.24) is 5.32 Å². The van der Waals surface area contributed by atoms with Crippen LogP contribution in [0.5, 0.6) is 0 Å². The Morgan fingerprint density at radius 2 is 2.31 bits per heavy atom. The molecular formula is C10H10N2O4. The number of nitro groups is 1. The first kappa shape index (κ1) is 10.4. The molecule has 1 saturated heterocycles. The van der Waals surface area contributed by atoms with Crippen LogP contribution in [0.2, 0.25) is 0 Å². The Morgan fingerprint density at radius 1 is 1.56 bits per heavy atom. The van der Waals surface area contributed by atoms with Gasteiger partial charge in [-0.05, 0) is 12.5 Å². The number of carbonyl (C=O) groups is 1. The lowest BCUT2D eigenvalue weighted by atomic mass is 10.0. The number of carbonyl (C=O) groups excluding carboxylic acids is 1. The molecule has 0 aliphatic carbocycles. The largest absolute Gasteiger partial charge is 0.447 e. The molecule has 0 unspecified atom stereocenters. The van der Waals surface area contributed by atoms with Crippen LogP contribution < -0.4 is 5.32 Å². The Bertz CT molecular complexity index is 458. The number of benzene rings is 1. The van der Waals surface area contributed by atoms with Crippen molar-refractivity contribution in [3.63, 3.8) is 0 Å². The first-order valence-electron chi connectivity index (χ1n) is 4.76. The molecule has 1 N–H and O–H groups in total. The van der Waals surface area contributed by atoms with Crippen molar-refractivity contribution < 1.29 is 14.5 Å². The molecule has 0 radical (unpaired) electrons. The van der Waals surface area contributed by atoms with E-state index < -0.39 is 11.0 Å². The number of aryl methyl sites for hydroxylation is 1. The molecule has 0 aromatic heterocycles. The second-order valence-electron chi connectivity index (χ2n) is 3.60. The number of rotatable bonds is 2. The van der Waals surface area contributed by atoms with Gasteiger partial charge in [-0.15, -0.1) is 0 Å². The van der Waals surface area contributed by atoms with Crippen molar-refractivity contribution in [1.29, 1.82) is 0 Å². The highest BCUT2D eigenvalue weighted by molar-refractivity contribution is 5.70. The number of alkyl carbamates (subject to hydrolysis) is 1. The van der Waals surface area contributed by atoms with Crippen molar-refractivity contribution >= 4 is 11.8 Å². The maximum Gasteiger partial charge on any atom is 0.407 e. The molecule has 84 valence electrons. The fourth-order valence-electron chi connectivity index (χ4n) is 1.60. The molecule has 1 heterocycles. The van der Waals surface area contributed by atoms with Gasteiger partial charge in [-0.3, -0.25) is 10.1 Å². The monoisotopic (exact) mass is 222 g/mol. The molecule has 2 rings (SSSR count). The molecule has 1 atom stereocenters. The Hall–Kier alpha value is -2.11. The topological polar surface area (TPSA) is 81.5 Å². The predicted octanol–water partition coefficient (Wildman–Crippen LogP) is 1.68. The van der Waals surface area contributed by atoms with E-state index in [0.29, 0.717) is 11.1 Å². The lowest BCUT2D eigenvalue weighted by Gasteiger charge is -2.07. The van der Waals surface area contributed by atoms with Crippen molar-refractivity contribution in [2.24, 2.45) is 0 Å². The van der Waals surface area contributed by atoms with Crippen molar-refractivity contribution in [3.05, 3.63) is 39.4 Å². The average molecular weight is 222 g/mol. The molecule has 16 heavy (non-hydrogen) atoms. The molecule has 0 spiro atoms. The van der Waals surface area contributed by atoms with Crippen LogP contribution in [0, 0.1) is 17.0 Å². The molecule has 0 saturated carbocycles. The number of nitrogens with one attached hydrogen (secondary N) is 1. The van der Waals surface area contributed by atoms with Crippen LogP contribution in [0.3, 0.4) is 0 Å². The van der Waals surface area contributed by atoms with Crippen LogP contribution in [-0.4, -0.2) is 17.6 Å². The molecule has 1 aliphatic rings. The fourth-order valence-corrected chi connectivity index (χ4v) is 1.60. The summed E-state index contributed by atoms with van der Waals surface area (Å²) in [5.41, 5.74) is 1.33. The fraction of sp³-hybridized carbons (Fsp3) is 0.300. The summed E-state index contributed by atoms with van der Waals surface area (Å²) in [6, 6.07) is 4.58. The smallest absolute Gasteiger partial charge is 0.407 e. The summed E-state index contributed by atoms with van der Waals surface area (Å²) in [4.78, 5) is 21.2. The quantitative estimate of drug-likeness (QED) is 0.609. The minimum absolute atomic E-state index is 0.0543. The van der Waals surface area contributed by atoms with Crippen LogP contribution in [0.25, 0.3) is 0 Å². The zero-order valence-corrected chi connectivity index (χ0v) is 8.60. The van der Waals surface area contributed by atoms with Gasteiger partial charge in [0.15, 0.2) is 0 Å². The molecule has 1 aliphatic heterocycles. The zero-order valence-electron chi connectivity index (χ0n) is 8.60. The Labute approximate surface area is 91.4 Å². The van der Waals surface area contributed by atoms with Gasteiger partial charge >= 0.3 is 6.09 Å². The molecule has 6 heteroatoms. The van der Waals surface area contributed by atoms with E-state index in [4.69, 9.17) is 4.74 Å². The lowest BCUT2D eigenvalue weighted by molar-refractivity contribution is -0.385. The van der Waals surface area contributed by atoms with Crippen molar-refractivity contribution in [3.8, 4) is 0 Å². The third-order valence-corrected chi connectivity index (χ3v) is 2.51. The molecule has 6 nitrogen and oxygen atoms in total. The second kappa shape index (κ2) is 3.80. The zero-order chi connectivity index (χ0) is 11.7. The summed E-state index contributed by atoms with van der Waals surface area (Å²) < 4.78 is 4.73. The van der Waals surface area contributed by atoms with E-state index in [0.717, 1.165) is 0 Å². The summed E-state index contributed by atoms with van der Waals surface area (Å²) >= 11 is 0. The molecule has 1 aromatic rings. The minimum atomic E-state index is -0.492. The average Bonchev–Trinajstić information content (AvgIpc) is 2.65. The standard InChI is InChI=1S/C10H10N2O4/c1-6-2-3-7(4-9(6)12(14)15)8-5-16-10(13)11-8/h2-4,8H,5H2,1H3,(H,11,13)/t8-/m1/s1. The number of hydrogen-bond acceptors (Lipinski definition) is 4. The highest BCUT2D eigenvalue weighted by Crippen LogP contribution is 2.25. The first-order valence-corrected chi connectivity index (χ1v) is 4.76. The van der Waals surface area contributed by atoms with Crippen molar-refractivity contribution in [2.75, 3.05) is 6.61 Å². The van der Waals surface area contributed by atoms with Gasteiger partial charge in [0.05, 0.1) is 11.0 Å². The lowest BCUT2D eigenvalue weighted by Crippen LogP contribution is -2.18. The predicted molar refractivity (Wildman–Crippen MR) is 55.1 cm³/mol. The first-order chi connectivity index (χ1) is 7.58. The van der Waals surface area contributed by atoms with Crippen LogP contribution in [-0.2, 0) is 4.74 Å². The van der Waals surface area contributed by atoms with Gasteiger partial charge in [-0.2, -0.15) is 0 Å². The van der Waals surface area contributed by atoms with Crippen LogP contribution in [0.4, 0.5) is 10.5 Å². The molecule has 1 fully saturated rings. The van der Waals surface area contributed by atoms with E-state index in [2.05, 4.69) is 5.32 Å². The van der Waals surface area contributed by atoms with E-state index >= 15 is 0 Å². The summed E-state index contributed by atoms with van der Waals surface area (Å²) in [7, 11) is 0. The second-order valence-corrected chi connectivity index (χ2v) is 3.60. The summed E-state index contributed by atoms with van der Waals surface area (Å²) in [5.74, 6) is 0. The van der Waals surface area contributed by atoms with Gasteiger partial charge in [0.1, 0.15) is 6.61 Å². The number of nitro benzene ring substituents is 1. The van der Waals surface area contributed by atoms with E-state index in [1.807, 2.05) is 0 Å². The van der Waals surface area contributed by atoms with Crippen molar-refractivity contribution in [2.45, 2.75) is 13.0 Å². The summed E-state index contributed by atoms with van der Waals surface area (Å²) in [6.07, 6.45) is -0.492. The summed E-state index contributed by atoms with van der Waals surface area (Å²) in [6.45, 7) is 1.88. The van der Waals surface area contributed by atoms with Crippen LogP contribution in [0.1, 0.15) is 17.2 Å². The van der Waals surface area contributed by atoms with Gasteiger partial charge in [-0.25, -0.2) is 4.79 Å². The maximum absolute atomic E-state index is 10.8. The summed E-state index contributed by atoms with van der Waals surface area (Å²) in [5, 5.41) is 13.3. The molecular weight excluding hydrogens is 212 g/mol. The van der Waals surface area contributed by atoms with E-state index in [9.17, 15) is 14.9 Å². The Kier molecular flexibility index (Phi) is 2.47. The van der Waals surface area contributed by atoms with Gasteiger partial charge in [0.2, 0.25) is 0 Å². The number of hydrogen-bond donors (Lipinski definition) is 1. The van der Waals surface area contributed by atoms with E-state index in [1.54, 1.807) is 19.1 Å². The van der Waals surface area contributed by atoms with E-state index in [-0.39, 0.29) is 18.3 Å². The molecule has 0 bridgehead atoms.